The second-order valence-electron chi connectivity index (χ2n) is 7.51. The normalized spacial score (nSPS) is 39.8. The maximum atomic E-state index is 6.60. The van der Waals surface area contributed by atoms with Crippen molar-refractivity contribution in [3.8, 4) is 5.75 Å². The molecular formula is C18H25NO. The summed E-state index contributed by atoms with van der Waals surface area (Å²) in [6.45, 7) is 0.677. The zero-order valence-corrected chi connectivity index (χ0v) is 12.1. The molecule has 0 heterocycles. The zero-order chi connectivity index (χ0) is 13.6. The average molecular weight is 271 g/mol. The van der Waals surface area contributed by atoms with Gasteiger partial charge in [-0.3, -0.25) is 0 Å². The summed E-state index contributed by atoms with van der Waals surface area (Å²) in [5, 5.41) is 0. The summed E-state index contributed by atoms with van der Waals surface area (Å²) in [6.07, 6.45) is 8.51. The summed E-state index contributed by atoms with van der Waals surface area (Å²) in [7, 11) is 0. The van der Waals surface area contributed by atoms with Gasteiger partial charge in [-0.25, -0.2) is 0 Å². The minimum atomic E-state index is 0.205. The summed E-state index contributed by atoms with van der Waals surface area (Å²) >= 11 is 0. The van der Waals surface area contributed by atoms with Gasteiger partial charge in [0.25, 0.3) is 0 Å². The molecule has 1 aromatic rings. The van der Waals surface area contributed by atoms with E-state index in [-0.39, 0.29) is 6.04 Å². The Morgan fingerprint density at radius 3 is 2.10 bits per heavy atom. The van der Waals surface area contributed by atoms with E-state index in [0.717, 1.165) is 23.5 Å². The number of rotatable bonds is 4. The van der Waals surface area contributed by atoms with E-state index in [1.54, 1.807) is 0 Å². The van der Waals surface area contributed by atoms with Crippen LogP contribution < -0.4 is 10.5 Å². The van der Waals surface area contributed by atoms with E-state index in [1.807, 2.05) is 30.3 Å². The van der Waals surface area contributed by atoms with Crippen molar-refractivity contribution in [2.45, 2.75) is 44.6 Å². The Hall–Kier alpha value is -1.02. The quantitative estimate of drug-likeness (QED) is 0.908. The van der Waals surface area contributed by atoms with E-state index in [4.69, 9.17) is 10.5 Å². The molecule has 4 fully saturated rings. The largest absolute Gasteiger partial charge is 0.492 e. The molecular weight excluding hydrogens is 246 g/mol. The Labute approximate surface area is 121 Å². The van der Waals surface area contributed by atoms with Gasteiger partial charge in [0.1, 0.15) is 12.4 Å². The summed E-state index contributed by atoms with van der Waals surface area (Å²) in [4.78, 5) is 0. The molecule has 0 amide bonds. The molecule has 2 nitrogen and oxygen atoms in total. The molecule has 4 aliphatic rings. The maximum absolute atomic E-state index is 6.60. The first kappa shape index (κ1) is 12.7. The SMILES string of the molecule is N[C@@H](COc1ccccc1)C12CC3CC(CC(C3)C1)C2. The monoisotopic (exact) mass is 271 g/mol. The van der Waals surface area contributed by atoms with Crippen LogP contribution in [0.15, 0.2) is 30.3 Å². The van der Waals surface area contributed by atoms with Crippen LogP contribution >= 0.6 is 0 Å². The predicted molar refractivity (Wildman–Crippen MR) is 80.5 cm³/mol. The molecule has 108 valence electrons. The second kappa shape index (κ2) is 4.77. The molecule has 0 aromatic heterocycles. The number of benzene rings is 1. The lowest BCUT2D eigenvalue weighted by Gasteiger charge is -2.58. The van der Waals surface area contributed by atoms with Crippen LogP contribution in [0.1, 0.15) is 38.5 Å². The molecule has 2 N–H and O–H groups in total. The van der Waals surface area contributed by atoms with Crippen molar-refractivity contribution >= 4 is 0 Å². The molecule has 4 aliphatic carbocycles. The average Bonchev–Trinajstić information content (AvgIpc) is 2.44. The van der Waals surface area contributed by atoms with Crippen LogP contribution in [-0.4, -0.2) is 12.6 Å². The van der Waals surface area contributed by atoms with Crippen molar-refractivity contribution in [1.29, 1.82) is 0 Å². The topological polar surface area (TPSA) is 35.2 Å². The first-order chi connectivity index (χ1) is 9.73. The van der Waals surface area contributed by atoms with Gasteiger partial charge in [0.2, 0.25) is 0 Å². The molecule has 1 atom stereocenters. The van der Waals surface area contributed by atoms with Crippen molar-refractivity contribution in [3.05, 3.63) is 30.3 Å². The van der Waals surface area contributed by atoms with E-state index >= 15 is 0 Å². The van der Waals surface area contributed by atoms with Crippen LogP contribution in [0.2, 0.25) is 0 Å². The Morgan fingerprint density at radius 1 is 1.00 bits per heavy atom. The molecule has 0 radical (unpaired) electrons. The van der Waals surface area contributed by atoms with Gasteiger partial charge in [0.05, 0.1) is 0 Å². The van der Waals surface area contributed by atoms with E-state index in [9.17, 15) is 0 Å². The summed E-state index contributed by atoms with van der Waals surface area (Å²) in [5.41, 5.74) is 6.99. The second-order valence-corrected chi connectivity index (χ2v) is 7.51. The van der Waals surface area contributed by atoms with Gasteiger partial charge in [-0.1, -0.05) is 18.2 Å². The molecule has 20 heavy (non-hydrogen) atoms. The van der Waals surface area contributed by atoms with Gasteiger partial charge in [0, 0.05) is 6.04 Å². The fourth-order valence-corrected chi connectivity index (χ4v) is 5.51. The fraction of sp³-hybridized carbons (Fsp3) is 0.667. The molecule has 0 saturated heterocycles. The maximum Gasteiger partial charge on any atom is 0.119 e. The zero-order valence-electron chi connectivity index (χ0n) is 12.1. The Bertz CT molecular complexity index is 434. The van der Waals surface area contributed by atoms with Crippen molar-refractivity contribution < 1.29 is 4.74 Å². The van der Waals surface area contributed by atoms with Gasteiger partial charge >= 0.3 is 0 Å². The third-order valence-corrected chi connectivity index (χ3v) is 6.04. The van der Waals surface area contributed by atoms with Crippen molar-refractivity contribution in [3.63, 3.8) is 0 Å². The van der Waals surface area contributed by atoms with E-state index in [2.05, 4.69) is 0 Å². The first-order valence-electron chi connectivity index (χ1n) is 8.17. The summed E-state index contributed by atoms with van der Waals surface area (Å²) in [5.74, 6) is 3.84. The lowest BCUT2D eigenvalue weighted by atomic mass is 9.48. The third-order valence-electron chi connectivity index (χ3n) is 6.04. The molecule has 1 aromatic carbocycles. The Balaban J connectivity index is 1.44. The Kier molecular flexibility index (Phi) is 3.03. The van der Waals surface area contributed by atoms with E-state index < -0.39 is 0 Å². The van der Waals surface area contributed by atoms with Gasteiger partial charge in [-0.05, 0) is 73.8 Å². The number of nitrogens with two attached hydrogens (primary N) is 1. The molecule has 0 aliphatic heterocycles. The van der Waals surface area contributed by atoms with Gasteiger partial charge in [-0.15, -0.1) is 0 Å². The number of para-hydroxylation sites is 1. The molecule has 0 spiro atoms. The minimum Gasteiger partial charge on any atom is -0.492 e. The fourth-order valence-electron chi connectivity index (χ4n) is 5.51. The van der Waals surface area contributed by atoms with Crippen LogP contribution in [-0.2, 0) is 0 Å². The molecule has 4 bridgehead atoms. The van der Waals surface area contributed by atoms with Crippen molar-refractivity contribution in [2.75, 3.05) is 6.61 Å². The van der Waals surface area contributed by atoms with E-state index in [0.29, 0.717) is 12.0 Å². The lowest BCUT2D eigenvalue weighted by Crippen LogP contribution is -2.56. The number of hydrogen-bond donors (Lipinski definition) is 1. The first-order valence-corrected chi connectivity index (χ1v) is 8.17. The van der Waals surface area contributed by atoms with Crippen molar-refractivity contribution in [1.82, 2.24) is 0 Å². The molecule has 5 rings (SSSR count). The van der Waals surface area contributed by atoms with Gasteiger partial charge in [0.15, 0.2) is 0 Å². The predicted octanol–water partition coefficient (Wildman–Crippen LogP) is 3.61. The highest BCUT2D eigenvalue weighted by atomic mass is 16.5. The van der Waals surface area contributed by atoms with Crippen LogP contribution in [0.25, 0.3) is 0 Å². The van der Waals surface area contributed by atoms with Crippen LogP contribution in [0, 0.1) is 23.2 Å². The van der Waals surface area contributed by atoms with E-state index in [1.165, 1.54) is 38.5 Å². The van der Waals surface area contributed by atoms with Crippen LogP contribution in [0.4, 0.5) is 0 Å². The highest BCUT2D eigenvalue weighted by Crippen LogP contribution is 2.60. The Morgan fingerprint density at radius 2 is 1.55 bits per heavy atom. The molecule has 0 unspecified atom stereocenters. The summed E-state index contributed by atoms with van der Waals surface area (Å²) in [6, 6.07) is 10.3. The third kappa shape index (κ3) is 2.14. The number of hydrogen-bond acceptors (Lipinski definition) is 2. The standard InChI is InChI=1S/C18H25NO/c19-17(12-20-16-4-2-1-3-5-16)18-9-13-6-14(10-18)8-15(7-13)11-18/h1-5,13-15,17H,6-12,19H2/t13?,14?,15?,17-,18?/m0/s1. The molecule has 4 saturated carbocycles. The highest BCUT2D eigenvalue weighted by molar-refractivity contribution is 5.21. The van der Waals surface area contributed by atoms with Crippen LogP contribution in [0.5, 0.6) is 5.75 Å². The van der Waals surface area contributed by atoms with Crippen molar-refractivity contribution in [2.24, 2.45) is 28.9 Å². The van der Waals surface area contributed by atoms with Crippen LogP contribution in [0.3, 0.4) is 0 Å². The summed E-state index contributed by atoms with van der Waals surface area (Å²) < 4.78 is 5.93. The number of ether oxygens (including phenoxy) is 1. The molecule has 2 heteroatoms. The van der Waals surface area contributed by atoms with Gasteiger partial charge < -0.3 is 10.5 Å². The van der Waals surface area contributed by atoms with Gasteiger partial charge in [-0.2, -0.15) is 0 Å². The minimum absolute atomic E-state index is 0.205. The smallest absolute Gasteiger partial charge is 0.119 e. The highest BCUT2D eigenvalue weighted by Gasteiger charge is 2.53. The lowest BCUT2D eigenvalue weighted by molar-refractivity contribution is -0.0730.